The maximum atomic E-state index is 12.8. The summed E-state index contributed by atoms with van der Waals surface area (Å²) in [6, 6.07) is 0. The van der Waals surface area contributed by atoms with Gasteiger partial charge in [-0.3, -0.25) is 5.32 Å². The van der Waals surface area contributed by atoms with Gasteiger partial charge in [-0.2, -0.15) is 4.31 Å². The number of nitrogens with zero attached hydrogens (tertiary/aromatic N) is 2. The number of ether oxygens (including phenoxy) is 1. The van der Waals surface area contributed by atoms with Gasteiger partial charge < -0.3 is 4.74 Å². The van der Waals surface area contributed by atoms with E-state index in [1.807, 2.05) is 0 Å². The van der Waals surface area contributed by atoms with Crippen LogP contribution in [-0.4, -0.2) is 44.0 Å². The normalized spacial score (nSPS) is 23.3. The molecule has 2 rings (SSSR count). The summed E-state index contributed by atoms with van der Waals surface area (Å²) >= 11 is 0.954. The van der Waals surface area contributed by atoms with E-state index in [9.17, 15) is 13.2 Å². The van der Waals surface area contributed by atoms with Crippen molar-refractivity contribution in [3.8, 4) is 0 Å². The molecular formula is C13H21N3O4S2. The molecule has 1 saturated heterocycles. The van der Waals surface area contributed by atoms with Gasteiger partial charge in [0.05, 0.1) is 12.8 Å². The van der Waals surface area contributed by atoms with E-state index in [-0.39, 0.29) is 9.34 Å². The largest absolute Gasteiger partial charge is 0.453 e. The topological polar surface area (TPSA) is 88.6 Å². The van der Waals surface area contributed by atoms with Crippen LogP contribution < -0.4 is 5.32 Å². The van der Waals surface area contributed by atoms with Crippen molar-refractivity contribution in [2.24, 2.45) is 11.8 Å². The molecule has 1 amide bonds. The first-order chi connectivity index (χ1) is 10.2. The van der Waals surface area contributed by atoms with Gasteiger partial charge in [-0.15, -0.1) is 0 Å². The Morgan fingerprint density at radius 1 is 1.36 bits per heavy atom. The first-order valence-corrected chi connectivity index (χ1v) is 9.32. The molecule has 0 aliphatic carbocycles. The number of carbonyl (C=O) groups is 1. The van der Waals surface area contributed by atoms with Crippen LogP contribution in [0.15, 0.2) is 4.21 Å². The molecule has 0 bridgehead atoms. The van der Waals surface area contributed by atoms with Crippen LogP contribution in [0.1, 0.15) is 26.0 Å². The zero-order chi connectivity index (χ0) is 16.5. The summed E-state index contributed by atoms with van der Waals surface area (Å²) < 4.78 is 31.8. The molecule has 2 atom stereocenters. The van der Waals surface area contributed by atoms with Gasteiger partial charge in [0.15, 0.2) is 9.34 Å². The molecule has 1 aromatic heterocycles. The Bertz CT molecular complexity index is 646. The van der Waals surface area contributed by atoms with Crippen LogP contribution in [0.4, 0.5) is 9.93 Å². The van der Waals surface area contributed by atoms with Crippen LogP contribution in [0, 0.1) is 18.8 Å². The average molecular weight is 347 g/mol. The number of hydrogen-bond acceptors (Lipinski definition) is 6. The van der Waals surface area contributed by atoms with Crippen molar-refractivity contribution < 1.29 is 17.9 Å². The molecule has 9 heteroatoms. The second-order valence-corrected chi connectivity index (χ2v) is 8.91. The Hall–Kier alpha value is -1.19. The summed E-state index contributed by atoms with van der Waals surface area (Å²) in [5.41, 5.74) is 0.391. The van der Waals surface area contributed by atoms with Crippen LogP contribution in [0.25, 0.3) is 0 Å². The molecule has 2 heterocycles. The van der Waals surface area contributed by atoms with E-state index < -0.39 is 16.1 Å². The minimum Gasteiger partial charge on any atom is -0.453 e. The van der Waals surface area contributed by atoms with E-state index >= 15 is 0 Å². The Labute approximate surface area is 134 Å². The molecule has 124 valence electrons. The van der Waals surface area contributed by atoms with Gasteiger partial charge in [0, 0.05) is 13.1 Å². The molecule has 0 spiro atoms. The molecule has 1 fully saturated rings. The highest BCUT2D eigenvalue weighted by Gasteiger charge is 2.34. The second-order valence-electron chi connectivity index (χ2n) is 5.78. The maximum absolute atomic E-state index is 12.8. The lowest BCUT2D eigenvalue weighted by molar-refractivity contribution is 0.187. The number of rotatable bonds is 3. The molecule has 1 aliphatic rings. The van der Waals surface area contributed by atoms with E-state index in [1.54, 1.807) is 6.92 Å². The van der Waals surface area contributed by atoms with E-state index in [0.717, 1.165) is 17.8 Å². The third kappa shape index (κ3) is 3.58. The Morgan fingerprint density at radius 2 is 1.95 bits per heavy atom. The zero-order valence-electron chi connectivity index (χ0n) is 13.1. The third-order valence-corrected chi connectivity index (χ3v) is 7.05. The van der Waals surface area contributed by atoms with Crippen LogP contribution in [0.3, 0.4) is 0 Å². The number of sulfonamides is 1. The monoisotopic (exact) mass is 347 g/mol. The first-order valence-electron chi connectivity index (χ1n) is 7.06. The molecule has 0 saturated carbocycles. The lowest BCUT2D eigenvalue weighted by atomic mass is 9.94. The maximum Gasteiger partial charge on any atom is 0.413 e. The first kappa shape index (κ1) is 17.2. The van der Waals surface area contributed by atoms with E-state index in [1.165, 1.54) is 11.4 Å². The predicted octanol–water partition coefficient (Wildman–Crippen LogP) is 2.30. The van der Waals surface area contributed by atoms with Crippen molar-refractivity contribution in [2.75, 3.05) is 25.5 Å². The third-order valence-electron chi connectivity index (χ3n) is 3.56. The summed E-state index contributed by atoms with van der Waals surface area (Å²) in [6.45, 7) is 6.78. The number of amides is 1. The highest BCUT2D eigenvalue weighted by atomic mass is 32.2. The fourth-order valence-corrected chi connectivity index (χ4v) is 5.95. The van der Waals surface area contributed by atoms with Crippen molar-refractivity contribution in [1.82, 2.24) is 9.29 Å². The lowest BCUT2D eigenvalue weighted by Gasteiger charge is -2.33. The Balaban J connectivity index is 2.27. The van der Waals surface area contributed by atoms with Crippen LogP contribution >= 0.6 is 11.3 Å². The van der Waals surface area contributed by atoms with Gasteiger partial charge in [0.2, 0.25) is 0 Å². The smallest absolute Gasteiger partial charge is 0.413 e. The number of thiazole rings is 1. The van der Waals surface area contributed by atoms with Crippen LogP contribution in [0.2, 0.25) is 0 Å². The summed E-state index contributed by atoms with van der Waals surface area (Å²) in [4.78, 5) is 15.3. The summed E-state index contributed by atoms with van der Waals surface area (Å²) in [7, 11) is -2.34. The molecule has 0 radical (unpaired) electrons. The van der Waals surface area contributed by atoms with Gasteiger partial charge in [0.1, 0.15) is 0 Å². The minimum absolute atomic E-state index is 0.181. The van der Waals surface area contributed by atoms with Crippen molar-refractivity contribution in [1.29, 1.82) is 0 Å². The van der Waals surface area contributed by atoms with Crippen molar-refractivity contribution in [3.05, 3.63) is 5.69 Å². The van der Waals surface area contributed by atoms with E-state index in [2.05, 4.69) is 28.9 Å². The summed E-state index contributed by atoms with van der Waals surface area (Å²) in [6.07, 6.45) is 0.362. The molecule has 0 aromatic carbocycles. The standard InChI is InChI=1S/C13H21N3O4S2/c1-8-5-9(2)7-16(6-8)22(18,19)11-10(3)14-12(21-11)15-13(17)20-4/h8-9H,5-7H2,1-4H3,(H,14,15,17). The fraction of sp³-hybridized carbons (Fsp3) is 0.692. The minimum atomic E-state index is -3.58. The number of piperidine rings is 1. The summed E-state index contributed by atoms with van der Waals surface area (Å²) in [5, 5.41) is 2.63. The summed E-state index contributed by atoms with van der Waals surface area (Å²) in [5.74, 6) is 0.666. The number of carbonyl (C=O) groups excluding carboxylic acids is 1. The van der Waals surface area contributed by atoms with Gasteiger partial charge >= 0.3 is 6.09 Å². The molecule has 1 aliphatic heterocycles. The average Bonchev–Trinajstić information content (AvgIpc) is 2.79. The molecule has 22 heavy (non-hydrogen) atoms. The number of anilines is 1. The van der Waals surface area contributed by atoms with Crippen molar-refractivity contribution >= 4 is 32.6 Å². The quantitative estimate of drug-likeness (QED) is 0.906. The number of nitrogens with one attached hydrogen (secondary N) is 1. The van der Waals surface area contributed by atoms with Gasteiger partial charge in [-0.25, -0.2) is 18.2 Å². The van der Waals surface area contributed by atoms with Gasteiger partial charge in [-0.05, 0) is 25.2 Å². The predicted molar refractivity (Wildman–Crippen MR) is 84.6 cm³/mol. The molecular weight excluding hydrogens is 326 g/mol. The Kier molecular flexibility index (Phi) is 5.08. The highest BCUT2D eigenvalue weighted by molar-refractivity contribution is 7.91. The van der Waals surface area contributed by atoms with Crippen molar-refractivity contribution in [3.63, 3.8) is 0 Å². The van der Waals surface area contributed by atoms with Crippen molar-refractivity contribution in [2.45, 2.75) is 31.4 Å². The molecule has 2 unspecified atom stereocenters. The molecule has 1 aromatic rings. The Morgan fingerprint density at radius 3 is 2.50 bits per heavy atom. The highest BCUT2D eigenvalue weighted by Crippen LogP contribution is 2.33. The zero-order valence-corrected chi connectivity index (χ0v) is 14.8. The van der Waals surface area contributed by atoms with Crippen LogP contribution in [-0.2, 0) is 14.8 Å². The van der Waals surface area contributed by atoms with E-state index in [0.29, 0.717) is 30.6 Å². The fourth-order valence-electron chi connectivity index (χ4n) is 2.73. The van der Waals surface area contributed by atoms with Gasteiger partial charge in [0.25, 0.3) is 10.0 Å². The lowest BCUT2D eigenvalue weighted by Crippen LogP contribution is -2.42. The molecule has 7 nitrogen and oxygen atoms in total. The van der Waals surface area contributed by atoms with Gasteiger partial charge in [-0.1, -0.05) is 25.2 Å². The second kappa shape index (κ2) is 6.51. The number of methoxy groups -OCH3 is 1. The number of aryl methyl sites for hydroxylation is 1. The molecule has 1 N–H and O–H groups in total. The number of hydrogen-bond donors (Lipinski definition) is 1. The van der Waals surface area contributed by atoms with E-state index in [4.69, 9.17) is 0 Å². The SMILES string of the molecule is COC(=O)Nc1nc(C)c(S(=O)(=O)N2CC(C)CC(C)C2)s1. The number of aromatic nitrogens is 1. The van der Waals surface area contributed by atoms with Crippen LogP contribution in [0.5, 0.6) is 0 Å².